The lowest BCUT2D eigenvalue weighted by atomic mass is 10.1. The minimum Gasteiger partial charge on any atom is -0.434 e. The first-order chi connectivity index (χ1) is 13.8. The lowest BCUT2D eigenvalue weighted by Gasteiger charge is -2.36. The monoisotopic (exact) mass is 422 g/mol. The van der Waals surface area contributed by atoms with Crippen LogP contribution < -0.4 is 14.4 Å². The molecule has 0 unspecified atom stereocenters. The number of ether oxygens (including phenoxy) is 2. The molecule has 1 atom stereocenters. The van der Waals surface area contributed by atoms with Crippen LogP contribution in [0.3, 0.4) is 0 Å². The molecule has 8 nitrogen and oxygen atoms in total. The number of fused-ring (bicyclic) bond motifs is 1. The molecule has 0 saturated heterocycles. The number of sulfonamides is 1. The third-order valence-corrected chi connectivity index (χ3v) is 6.11. The smallest absolute Gasteiger partial charge is 0.434 e. The van der Waals surface area contributed by atoms with Gasteiger partial charge in [-0.1, -0.05) is 6.92 Å². The van der Waals surface area contributed by atoms with E-state index in [-0.39, 0.29) is 35.0 Å². The van der Waals surface area contributed by atoms with Crippen molar-refractivity contribution >= 4 is 33.5 Å². The highest BCUT2D eigenvalue weighted by molar-refractivity contribution is 7.93. The molecule has 0 spiro atoms. The van der Waals surface area contributed by atoms with Gasteiger partial charge in [0.15, 0.2) is 0 Å². The summed E-state index contributed by atoms with van der Waals surface area (Å²) in [5.41, 5.74) is 0.246. The molecule has 10 heteroatoms. The van der Waals surface area contributed by atoms with E-state index in [1.54, 1.807) is 13.8 Å². The van der Waals surface area contributed by atoms with Gasteiger partial charge in [0, 0.05) is 6.07 Å². The molecule has 0 saturated carbocycles. The summed E-state index contributed by atoms with van der Waals surface area (Å²) >= 11 is 0. The number of nitrogens with one attached hydrogen (secondary N) is 1. The van der Waals surface area contributed by atoms with Crippen LogP contribution in [0.15, 0.2) is 47.4 Å². The maximum Gasteiger partial charge on any atom is 0.513 e. The van der Waals surface area contributed by atoms with Crippen LogP contribution in [0.5, 0.6) is 5.75 Å². The van der Waals surface area contributed by atoms with Crippen molar-refractivity contribution in [2.45, 2.75) is 31.2 Å². The summed E-state index contributed by atoms with van der Waals surface area (Å²) < 4.78 is 50.9. The number of nitrogens with zero attached hydrogens (tertiary/aromatic N) is 1. The largest absolute Gasteiger partial charge is 0.513 e. The summed E-state index contributed by atoms with van der Waals surface area (Å²) in [5, 5.41) is 2.60. The summed E-state index contributed by atoms with van der Waals surface area (Å²) in [5.74, 6) is -1.04. The van der Waals surface area contributed by atoms with Crippen molar-refractivity contribution in [3.8, 4) is 5.75 Å². The summed E-state index contributed by atoms with van der Waals surface area (Å²) in [7, 11) is -4.21. The van der Waals surface area contributed by atoms with E-state index in [2.05, 4.69) is 10.1 Å². The Kier molecular flexibility index (Phi) is 5.73. The Bertz CT molecular complexity index is 1040. The Balaban J connectivity index is 2.00. The van der Waals surface area contributed by atoms with Crippen molar-refractivity contribution in [3.63, 3.8) is 0 Å². The molecular weight excluding hydrogens is 403 g/mol. The van der Waals surface area contributed by atoms with E-state index in [1.807, 2.05) is 0 Å². The Hall–Kier alpha value is -3.14. The normalized spacial score (nSPS) is 16.0. The maximum atomic E-state index is 13.8. The van der Waals surface area contributed by atoms with E-state index in [0.717, 1.165) is 16.4 Å². The van der Waals surface area contributed by atoms with Gasteiger partial charge >= 0.3 is 6.16 Å². The highest BCUT2D eigenvalue weighted by Crippen LogP contribution is 2.38. The molecule has 1 amide bonds. The van der Waals surface area contributed by atoms with Gasteiger partial charge in [0.05, 0.1) is 22.9 Å². The molecule has 0 aliphatic carbocycles. The fourth-order valence-electron chi connectivity index (χ4n) is 2.97. The van der Waals surface area contributed by atoms with Crippen molar-refractivity contribution in [3.05, 3.63) is 48.3 Å². The third kappa shape index (κ3) is 4.02. The standard InChI is InChI=1S/C19H19FN2O6S/c1-3-16-18(23)21-15-10-5-12(20)11-17(15)22(16)29(25,26)14-8-6-13(7-9-14)28-19(24)27-4-2/h5-11,16H,3-4H2,1-2H3,(H,21,23)/t16-/m0/s1. The number of hydrogen-bond acceptors (Lipinski definition) is 6. The number of carbonyl (C=O) groups excluding carboxylic acids is 2. The molecular formula is C19H19FN2O6S. The van der Waals surface area contributed by atoms with Crippen molar-refractivity contribution in [1.29, 1.82) is 0 Å². The second kappa shape index (κ2) is 8.08. The second-order valence-corrected chi connectivity index (χ2v) is 7.95. The van der Waals surface area contributed by atoms with Crippen molar-refractivity contribution in [1.82, 2.24) is 0 Å². The molecule has 154 valence electrons. The molecule has 2 aromatic carbocycles. The zero-order valence-electron chi connectivity index (χ0n) is 15.7. The summed E-state index contributed by atoms with van der Waals surface area (Å²) in [4.78, 5) is 23.7. The number of amides is 1. The molecule has 29 heavy (non-hydrogen) atoms. The van der Waals surface area contributed by atoms with Crippen LogP contribution in [0.2, 0.25) is 0 Å². The fraction of sp³-hybridized carbons (Fsp3) is 0.263. The number of hydrogen-bond donors (Lipinski definition) is 1. The van der Waals surface area contributed by atoms with E-state index >= 15 is 0 Å². The van der Waals surface area contributed by atoms with Gasteiger partial charge in [-0.05, 0) is 49.7 Å². The van der Waals surface area contributed by atoms with Crippen molar-refractivity contribution < 1.29 is 31.9 Å². The maximum absolute atomic E-state index is 13.8. The first kappa shape index (κ1) is 20.6. The zero-order chi connectivity index (χ0) is 21.2. The molecule has 1 heterocycles. The van der Waals surface area contributed by atoms with Gasteiger partial charge < -0.3 is 14.8 Å². The topological polar surface area (TPSA) is 102 Å². The summed E-state index contributed by atoms with van der Waals surface area (Å²) in [6.45, 7) is 3.42. The van der Waals surface area contributed by atoms with Crippen molar-refractivity contribution in [2.75, 3.05) is 16.2 Å². The molecule has 0 aromatic heterocycles. The van der Waals surface area contributed by atoms with Gasteiger partial charge in [0.2, 0.25) is 5.91 Å². The van der Waals surface area contributed by atoms with E-state index in [4.69, 9.17) is 4.74 Å². The molecule has 0 radical (unpaired) electrons. The van der Waals surface area contributed by atoms with Gasteiger partial charge in [-0.2, -0.15) is 0 Å². The molecule has 2 aromatic rings. The Labute approximate surface area is 167 Å². The van der Waals surface area contributed by atoms with Gasteiger partial charge in [0.1, 0.15) is 17.6 Å². The number of carbonyl (C=O) groups is 2. The van der Waals surface area contributed by atoms with Crippen LogP contribution in [0.1, 0.15) is 20.3 Å². The number of benzene rings is 2. The van der Waals surface area contributed by atoms with Crippen LogP contribution in [0, 0.1) is 5.82 Å². The number of halogens is 1. The quantitative estimate of drug-likeness (QED) is 0.586. The first-order valence-corrected chi connectivity index (χ1v) is 10.3. The minimum absolute atomic E-state index is 0.0447. The second-order valence-electron chi connectivity index (χ2n) is 6.13. The highest BCUT2D eigenvalue weighted by Gasteiger charge is 2.40. The van der Waals surface area contributed by atoms with Gasteiger partial charge in [-0.25, -0.2) is 17.6 Å². The third-order valence-electron chi connectivity index (χ3n) is 4.27. The summed E-state index contributed by atoms with van der Waals surface area (Å²) in [6, 6.07) is 7.54. The molecule has 1 aliphatic heterocycles. The molecule has 3 rings (SSSR count). The average Bonchev–Trinajstić information content (AvgIpc) is 2.67. The van der Waals surface area contributed by atoms with Crippen LogP contribution >= 0.6 is 0 Å². The van der Waals surface area contributed by atoms with Gasteiger partial charge in [-0.3, -0.25) is 9.10 Å². The SMILES string of the molecule is CCOC(=O)Oc1ccc(S(=O)(=O)N2c3cc(F)ccc3NC(=O)[C@@H]2CC)cc1. The predicted octanol–water partition coefficient (Wildman–Crippen LogP) is 3.29. The van der Waals surface area contributed by atoms with E-state index in [9.17, 15) is 22.4 Å². The van der Waals surface area contributed by atoms with Crippen LogP contribution in [-0.2, 0) is 19.6 Å². The van der Waals surface area contributed by atoms with Crippen molar-refractivity contribution in [2.24, 2.45) is 0 Å². The van der Waals surface area contributed by atoms with Gasteiger partial charge in [0.25, 0.3) is 10.0 Å². The predicted molar refractivity (Wildman–Crippen MR) is 103 cm³/mol. The summed E-state index contributed by atoms with van der Waals surface area (Å²) in [6.07, 6.45) is -0.725. The van der Waals surface area contributed by atoms with Crippen LogP contribution in [0.4, 0.5) is 20.6 Å². The van der Waals surface area contributed by atoms with E-state index in [0.29, 0.717) is 0 Å². The number of anilines is 2. The van der Waals surface area contributed by atoms with E-state index < -0.39 is 33.9 Å². The van der Waals surface area contributed by atoms with Crippen LogP contribution in [-0.4, -0.2) is 33.1 Å². The average molecular weight is 422 g/mol. The minimum atomic E-state index is -4.21. The van der Waals surface area contributed by atoms with E-state index in [1.165, 1.54) is 30.3 Å². The van der Waals surface area contributed by atoms with Gasteiger partial charge in [-0.15, -0.1) is 0 Å². The Morgan fingerprint density at radius 1 is 1.17 bits per heavy atom. The lowest BCUT2D eigenvalue weighted by molar-refractivity contribution is -0.117. The molecule has 0 fully saturated rings. The Morgan fingerprint density at radius 3 is 2.48 bits per heavy atom. The van der Waals surface area contributed by atoms with Crippen LogP contribution in [0.25, 0.3) is 0 Å². The highest BCUT2D eigenvalue weighted by atomic mass is 32.2. The number of rotatable bonds is 5. The fourth-order valence-corrected chi connectivity index (χ4v) is 4.67. The Morgan fingerprint density at radius 2 is 1.86 bits per heavy atom. The molecule has 0 bridgehead atoms. The molecule has 1 N–H and O–H groups in total. The first-order valence-electron chi connectivity index (χ1n) is 8.87. The lowest BCUT2D eigenvalue weighted by Crippen LogP contribution is -2.50. The zero-order valence-corrected chi connectivity index (χ0v) is 16.5. The molecule has 1 aliphatic rings.